The lowest BCUT2D eigenvalue weighted by Gasteiger charge is -2.19. The highest BCUT2D eigenvalue weighted by atomic mass is 14.9. The van der Waals surface area contributed by atoms with Crippen LogP contribution in [0.15, 0.2) is 243 Å². The van der Waals surface area contributed by atoms with Gasteiger partial charge in [-0.2, -0.15) is 0 Å². The number of fused-ring (bicyclic) bond motifs is 5. The van der Waals surface area contributed by atoms with Crippen molar-refractivity contribution in [1.82, 2.24) is 9.97 Å². The number of hydrogen-bond acceptors (Lipinski definition) is 2. The largest absolute Gasteiger partial charge is 0.228 e. The number of aromatic nitrogens is 2. The Labute approximate surface area is 372 Å². The maximum absolute atomic E-state index is 5.21. The molecule has 12 aromatic rings. The van der Waals surface area contributed by atoms with Crippen LogP contribution in [-0.2, 0) is 0 Å². The summed E-state index contributed by atoms with van der Waals surface area (Å²) in [6.07, 6.45) is 0. The molecule has 0 saturated heterocycles. The maximum atomic E-state index is 5.21. The Kier molecular flexibility index (Phi) is 9.20. The van der Waals surface area contributed by atoms with Crippen LogP contribution in [0.3, 0.4) is 0 Å². The van der Waals surface area contributed by atoms with E-state index in [1.54, 1.807) is 0 Å². The zero-order valence-corrected chi connectivity index (χ0v) is 35.0. The van der Waals surface area contributed by atoms with Gasteiger partial charge < -0.3 is 0 Å². The molecule has 2 nitrogen and oxygen atoms in total. The van der Waals surface area contributed by atoms with Crippen molar-refractivity contribution in [1.29, 1.82) is 0 Å². The van der Waals surface area contributed by atoms with Gasteiger partial charge in [0.25, 0.3) is 0 Å². The van der Waals surface area contributed by atoms with Gasteiger partial charge in [-0.15, -0.1) is 0 Å². The second-order valence-corrected chi connectivity index (χ2v) is 16.5. The monoisotopic (exact) mass is 812 g/mol. The fourth-order valence-electron chi connectivity index (χ4n) is 9.59. The molecule has 12 rings (SSSR count). The van der Waals surface area contributed by atoms with E-state index in [1.807, 2.05) is 18.2 Å². The first-order chi connectivity index (χ1) is 31.7. The summed E-state index contributed by atoms with van der Waals surface area (Å²) < 4.78 is 0. The summed E-state index contributed by atoms with van der Waals surface area (Å²) in [5.41, 5.74) is 14.4. The van der Waals surface area contributed by atoms with Gasteiger partial charge in [0.05, 0.1) is 11.4 Å². The normalized spacial score (nSPS) is 11.4. The van der Waals surface area contributed by atoms with Crippen molar-refractivity contribution >= 4 is 43.1 Å². The van der Waals surface area contributed by atoms with E-state index in [1.165, 1.54) is 65.3 Å². The molecule has 0 spiro atoms. The average Bonchev–Trinajstić information content (AvgIpc) is 3.38. The van der Waals surface area contributed by atoms with Crippen molar-refractivity contribution in [3.05, 3.63) is 243 Å². The minimum Gasteiger partial charge on any atom is -0.228 e. The summed E-state index contributed by atoms with van der Waals surface area (Å²) in [5.74, 6) is 0.700. The number of nitrogens with zero attached hydrogens (tertiary/aromatic N) is 2. The zero-order valence-electron chi connectivity index (χ0n) is 35.0. The molecule has 0 atom stereocenters. The molecule has 1 heterocycles. The predicted molar refractivity (Wildman–Crippen MR) is 270 cm³/mol. The van der Waals surface area contributed by atoms with Gasteiger partial charge in [0.2, 0.25) is 0 Å². The summed E-state index contributed by atoms with van der Waals surface area (Å²) in [7, 11) is 0. The van der Waals surface area contributed by atoms with Gasteiger partial charge in [-0.3, -0.25) is 0 Å². The number of benzene rings is 11. The maximum Gasteiger partial charge on any atom is 0.160 e. The van der Waals surface area contributed by atoms with Gasteiger partial charge in [0.15, 0.2) is 5.82 Å². The summed E-state index contributed by atoms with van der Waals surface area (Å²) in [5, 5.41) is 9.99. The lowest BCUT2D eigenvalue weighted by atomic mass is 9.84. The van der Waals surface area contributed by atoms with Gasteiger partial charge in [0.1, 0.15) is 0 Å². The smallest absolute Gasteiger partial charge is 0.160 e. The molecule has 0 aliphatic heterocycles. The van der Waals surface area contributed by atoms with E-state index < -0.39 is 0 Å². The Morgan fingerprint density at radius 1 is 0.234 bits per heavy atom. The average molecular weight is 813 g/mol. The number of hydrogen-bond donors (Lipinski definition) is 0. The minimum atomic E-state index is 0.700. The van der Waals surface area contributed by atoms with E-state index in [0.29, 0.717) is 5.82 Å². The van der Waals surface area contributed by atoms with Crippen LogP contribution < -0.4 is 0 Å². The Morgan fingerprint density at radius 3 is 1.44 bits per heavy atom. The fraction of sp³-hybridized carbons (Fsp3) is 0. The quantitative estimate of drug-likeness (QED) is 0.118. The standard InChI is InChI=1S/C62H40N2/c1-3-17-46(18-4-1)59-54-25-13-14-26-55(54)60(61-52-23-10-9-16-44(52)37-38-56(59)61)47-34-29-43(30-35-47)42-27-32-45(33-28-42)57-40-58(64-62(63-57)48-19-5-2-6-20-48)53-24-12-11-22-51(53)50-36-31-41-15-7-8-21-49(41)39-50/h1-40H. The molecule has 0 bridgehead atoms. The van der Waals surface area contributed by atoms with Crippen LogP contribution in [0.4, 0.5) is 0 Å². The Bertz CT molecular complexity index is 3690. The molecular formula is C62H40N2. The molecule has 0 unspecified atom stereocenters. The van der Waals surface area contributed by atoms with Gasteiger partial charge in [-0.25, -0.2) is 9.97 Å². The van der Waals surface area contributed by atoms with Crippen LogP contribution in [-0.4, -0.2) is 9.97 Å². The van der Waals surface area contributed by atoms with Gasteiger partial charge >= 0.3 is 0 Å². The Hall–Kier alpha value is -8.46. The van der Waals surface area contributed by atoms with Crippen molar-refractivity contribution in [3.8, 4) is 78.4 Å². The molecular weight excluding hydrogens is 773 g/mol. The SMILES string of the molecule is c1ccc(-c2nc(-c3ccc(-c4ccc(-c5c6ccccc6c(-c6ccccc6)c6ccc7ccccc7c56)cc4)cc3)cc(-c3ccccc3-c3ccc4ccccc4c3)n2)cc1. The highest BCUT2D eigenvalue weighted by molar-refractivity contribution is 6.27. The van der Waals surface area contributed by atoms with Crippen LogP contribution in [0.1, 0.15) is 0 Å². The molecule has 0 saturated carbocycles. The first-order valence-electron chi connectivity index (χ1n) is 21.9. The van der Waals surface area contributed by atoms with E-state index in [9.17, 15) is 0 Å². The highest BCUT2D eigenvalue weighted by Gasteiger charge is 2.19. The second kappa shape index (κ2) is 15.8. The van der Waals surface area contributed by atoms with E-state index in [0.717, 1.165) is 50.3 Å². The molecule has 0 aliphatic rings. The van der Waals surface area contributed by atoms with Crippen LogP contribution in [0, 0.1) is 0 Å². The molecule has 298 valence electrons. The molecule has 0 aliphatic carbocycles. The third-order valence-corrected chi connectivity index (χ3v) is 12.7. The Morgan fingerprint density at radius 2 is 0.719 bits per heavy atom. The molecule has 0 radical (unpaired) electrons. The second-order valence-electron chi connectivity index (χ2n) is 16.5. The third-order valence-electron chi connectivity index (χ3n) is 12.7. The van der Waals surface area contributed by atoms with Gasteiger partial charge in [-0.05, 0) is 99.7 Å². The molecule has 11 aromatic carbocycles. The zero-order chi connectivity index (χ0) is 42.4. The summed E-state index contributed by atoms with van der Waals surface area (Å²) in [6.45, 7) is 0. The lowest BCUT2D eigenvalue weighted by Crippen LogP contribution is -1.97. The van der Waals surface area contributed by atoms with Crippen LogP contribution >= 0.6 is 0 Å². The topological polar surface area (TPSA) is 25.8 Å². The first-order valence-corrected chi connectivity index (χ1v) is 21.9. The minimum absolute atomic E-state index is 0.700. The summed E-state index contributed by atoms with van der Waals surface area (Å²) >= 11 is 0. The predicted octanol–water partition coefficient (Wildman–Crippen LogP) is 16.8. The van der Waals surface area contributed by atoms with Crippen molar-refractivity contribution in [2.75, 3.05) is 0 Å². The number of rotatable bonds is 7. The Balaban J connectivity index is 0.941. The molecule has 64 heavy (non-hydrogen) atoms. The van der Waals surface area contributed by atoms with Crippen molar-refractivity contribution < 1.29 is 0 Å². The lowest BCUT2D eigenvalue weighted by molar-refractivity contribution is 1.18. The van der Waals surface area contributed by atoms with Crippen molar-refractivity contribution in [3.63, 3.8) is 0 Å². The molecule has 0 fully saturated rings. The molecule has 1 aromatic heterocycles. The summed E-state index contributed by atoms with van der Waals surface area (Å²) in [6, 6.07) is 87.2. The van der Waals surface area contributed by atoms with Crippen molar-refractivity contribution in [2.45, 2.75) is 0 Å². The molecule has 2 heteroatoms. The van der Waals surface area contributed by atoms with E-state index >= 15 is 0 Å². The van der Waals surface area contributed by atoms with E-state index in [-0.39, 0.29) is 0 Å². The third kappa shape index (κ3) is 6.61. The first kappa shape index (κ1) is 37.3. The fourth-order valence-corrected chi connectivity index (χ4v) is 9.59. The van der Waals surface area contributed by atoms with Gasteiger partial charge in [0, 0.05) is 16.7 Å². The molecule has 0 amide bonds. The highest BCUT2D eigenvalue weighted by Crippen LogP contribution is 2.46. The van der Waals surface area contributed by atoms with E-state index in [4.69, 9.17) is 9.97 Å². The van der Waals surface area contributed by atoms with Crippen LogP contribution in [0.5, 0.6) is 0 Å². The van der Waals surface area contributed by atoms with Crippen molar-refractivity contribution in [2.24, 2.45) is 0 Å². The summed E-state index contributed by atoms with van der Waals surface area (Å²) in [4.78, 5) is 10.4. The van der Waals surface area contributed by atoms with E-state index in [2.05, 4.69) is 224 Å². The van der Waals surface area contributed by atoms with Gasteiger partial charge in [-0.1, -0.05) is 231 Å². The molecule has 0 N–H and O–H groups in total. The van der Waals surface area contributed by atoms with Crippen LogP contribution in [0.25, 0.3) is 122 Å². The van der Waals surface area contributed by atoms with Crippen LogP contribution in [0.2, 0.25) is 0 Å².